The Balaban J connectivity index is 1.99. The number of methoxy groups -OCH3 is 1. The highest BCUT2D eigenvalue weighted by Gasteiger charge is 2.32. The molecule has 10 heteroatoms. The third-order valence-electron chi connectivity index (χ3n) is 5.75. The summed E-state index contributed by atoms with van der Waals surface area (Å²) in [5, 5.41) is 3.16. The summed E-state index contributed by atoms with van der Waals surface area (Å²) in [4.78, 5) is 27.9. The second kappa shape index (κ2) is 12.6. The standard InChI is InChI=1S/C27H30ClN3O5S/c1-4-29-27(33)20(2)30(18-21-10-16-24(36-3)17-11-21)26(32)19-31(23-14-12-22(28)13-15-23)37(34,35)25-8-6-5-7-9-25/h5-17,20H,4,18-19H2,1-3H3,(H,29,33)/t20-/m1/s1. The third-order valence-corrected chi connectivity index (χ3v) is 7.80. The van der Waals surface area contributed by atoms with E-state index in [1.807, 2.05) is 0 Å². The van der Waals surface area contributed by atoms with Crippen LogP contribution in [0.5, 0.6) is 5.75 Å². The van der Waals surface area contributed by atoms with E-state index in [-0.39, 0.29) is 23.0 Å². The molecule has 0 radical (unpaired) electrons. The first-order valence-corrected chi connectivity index (χ1v) is 13.5. The van der Waals surface area contributed by atoms with E-state index < -0.39 is 28.5 Å². The van der Waals surface area contributed by atoms with Crippen molar-refractivity contribution in [2.45, 2.75) is 31.3 Å². The monoisotopic (exact) mass is 543 g/mol. The number of halogens is 1. The number of carbonyl (C=O) groups excluding carboxylic acids is 2. The summed E-state index contributed by atoms with van der Waals surface area (Å²) in [6.07, 6.45) is 0. The number of nitrogens with zero attached hydrogens (tertiary/aromatic N) is 2. The molecule has 0 unspecified atom stereocenters. The molecule has 0 aliphatic carbocycles. The number of sulfonamides is 1. The van der Waals surface area contributed by atoms with Crippen molar-refractivity contribution in [2.75, 3.05) is 24.5 Å². The SMILES string of the molecule is CCNC(=O)[C@@H](C)N(Cc1ccc(OC)cc1)C(=O)CN(c1ccc(Cl)cc1)S(=O)(=O)c1ccccc1. The van der Waals surface area contributed by atoms with Crippen molar-refractivity contribution in [1.29, 1.82) is 0 Å². The number of rotatable bonds is 11. The zero-order valence-corrected chi connectivity index (χ0v) is 22.5. The first kappa shape index (κ1) is 28.0. The highest BCUT2D eigenvalue weighted by molar-refractivity contribution is 7.92. The third kappa shape index (κ3) is 7.02. The maximum absolute atomic E-state index is 13.7. The lowest BCUT2D eigenvalue weighted by atomic mass is 10.1. The fraction of sp³-hybridized carbons (Fsp3) is 0.259. The summed E-state index contributed by atoms with van der Waals surface area (Å²) < 4.78 is 33.5. The van der Waals surface area contributed by atoms with Gasteiger partial charge in [0, 0.05) is 18.1 Å². The predicted octanol–water partition coefficient (Wildman–Crippen LogP) is 4.10. The van der Waals surface area contributed by atoms with Crippen LogP contribution >= 0.6 is 11.6 Å². The fourth-order valence-corrected chi connectivity index (χ4v) is 5.25. The van der Waals surface area contributed by atoms with Gasteiger partial charge in [-0.05, 0) is 67.9 Å². The van der Waals surface area contributed by atoms with Crippen molar-refractivity contribution in [3.05, 3.63) is 89.4 Å². The average molecular weight is 544 g/mol. The molecule has 0 fully saturated rings. The molecule has 37 heavy (non-hydrogen) atoms. The molecule has 1 N–H and O–H groups in total. The molecule has 0 spiro atoms. The number of anilines is 1. The Labute approximate surface area is 222 Å². The normalized spacial score (nSPS) is 11.9. The minimum atomic E-state index is -4.11. The van der Waals surface area contributed by atoms with Crippen LogP contribution in [0.2, 0.25) is 5.02 Å². The van der Waals surface area contributed by atoms with Gasteiger partial charge in [0.2, 0.25) is 11.8 Å². The highest BCUT2D eigenvalue weighted by Crippen LogP contribution is 2.26. The fourth-order valence-electron chi connectivity index (χ4n) is 3.69. The molecule has 1 atom stereocenters. The van der Waals surface area contributed by atoms with Gasteiger partial charge in [0.1, 0.15) is 18.3 Å². The lowest BCUT2D eigenvalue weighted by molar-refractivity contribution is -0.139. The molecule has 2 amide bonds. The molecule has 3 aromatic carbocycles. The van der Waals surface area contributed by atoms with Crippen LogP contribution < -0.4 is 14.4 Å². The Morgan fingerprint density at radius 3 is 2.16 bits per heavy atom. The van der Waals surface area contributed by atoms with Crippen LogP contribution in [0.4, 0.5) is 5.69 Å². The lowest BCUT2D eigenvalue weighted by Crippen LogP contribution is -2.51. The van der Waals surface area contributed by atoms with Crippen LogP contribution in [0.25, 0.3) is 0 Å². The van der Waals surface area contributed by atoms with Crippen molar-refractivity contribution >= 4 is 39.1 Å². The van der Waals surface area contributed by atoms with E-state index in [2.05, 4.69) is 5.32 Å². The molecule has 0 aromatic heterocycles. The van der Waals surface area contributed by atoms with Gasteiger partial charge in [-0.2, -0.15) is 0 Å². The number of likely N-dealkylation sites (N-methyl/N-ethyl adjacent to an activating group) is 1. The Bertz CT molecular complexity index is 1300. The molecule has 0 saturated heterocycles. The van der Waals surface area contributed by atoms with E-state index in [0.717, 1.165) is 9.87 Å². The highest BCUT2D eigenvalue weighted by atomic mass is 35.5. The van der Waals surface area contributed by atoms with Crippen LogP contribution in [-0.2, 0) is 26.2 Å². The number of carbonyl (C=O) groups is 2. The van der Waals surface area contributed by atoms with Crippen molar-refractivity contribution < 1.29 is 22.7 Å². The Morgan fingerprint density at radius 1 is 0.973 bits per heavy atom. The first-order valence-electron chi connectivity index (χ1n) is 11.7. The second-order valence-electron chi connectivity index (χ2n) is 8.24. The molecule has 0 aliphatic rings. The summed E-state index contributed by atoms with van der Waals surface area (Å²) in [6, 6.07) is 20.3. The van der Waals surface area contributed by atoms with Crippen LogP contribution in [0.3, 0.4) is 0 Å². The molecule has 0 aliphatic heterocycles. The van der Waals surface area contributed by atoms with E-state index in [0.29, 0.717) is 17.3 Å². The molecular weight excluding hydrogens is 514 g/mol. The molecule has 196 valence electrons. The Morgan fingerprint density at radius 2 is 1.59 bits per heavy atom. The number of hydrogen-bond acceptors (Lipinski definition) is 5. The van der Waals surface area contributed by atoms with Crippen LogP contribution in [-0.4, -0.2) is 51.4 Å². The van der Waals surface area contributed by atoms with E-state index in [9.17, 15) is 18.0 Å². The van der Waals surface area contributed by atoms with E-state index in [4.69, 9.17) is 16.3 Å². The number of benzene rings is 3. The summed E-state index contributed by atoms with van der Waals surface area (Å²) in [5.41, 5.74) is 1.03. The van der Waals surface area contributed by atoms with Crippen LogP contribution in [0, 0.1) is 0 Å². The second-order valence-corrected chi connectivity index (χ2v) is 10.5. The Hall–Kier alpha value is -3.56. The van der Waals surface area contributed by atoms with Gasteiger partial charge in [0.05, 0.1) is 17.7 Å². The minimum Gasteiger partial charge on any atom is -0.497 e. The minimum absolute atomic E-state index is 0.0382. The summed E-state index contributed by atoms with van der Waals surface area (Å²) in [7, 11) is -2.55. The van der Waals surface area contributed by atoms with Crippen molar-refractivity contribution in [2.24, 2.45) is 0 Å². The maximum Gasteiger partial charge on any atom is 0.264 e. The van der Waals surface area contributed by atoms with Gasteiger partial charge >= 0.3 is 0 Å². The number of amides is 2. The van der Waals surface area contributed by atoms with E-state index in [1.54, 1.807) is 75.6 Å². The van der Waals surface area contributed by atoms with Crippen LogP contribution in [0.15, 0.2) is 83.8 Å². The average Bonchev–Trinajstić information content (AvgIpc) is 2.91. The van der Waals surface area contributed by atoms with E-state index >= 15 is 0 Å². The zero-order valence-electron chi connectivity index (χ0n) is 20.9. The lowest BCUT2D eigenvalue weighted by Gasteiger charge is -2.32. The topological polar surface area (TPSA) is 96.0 Å². The molecule has 0 bridgehead atoms. The summed E-state index contributed by atoms with van der Waals surface area (Å²) in [6.45, 7) is 3.38. The van der Waals surface area contributed by atoms with Gasteiger partial charge in [-0.25, -0.2) is 8.42 Å². The van der Waals surface area contributed by atoms with Crippen LogP contribution in [0.1, 0.15) is 19.4 Å². The molecule has 3 aromatic rings. The van der Waals surface area contributed by atoms with Gasteiger partial charge in [-0.1, -0.05) is 41.9 Å². The quantitative estimate of drug-likeness (QED) is 0.393. The van der Waals surface area contributed by atoms with Gasteiger partial charge in [-0.3, -0.25) is 13.9 Å². The summed E-state index contributed by atoms with van der Waals surface area (Å²) in [5.74, 6) is -0.224. The summed E-state index contributed by atoms with van der Waals surface area (Å²) >= 11 is 6.03. The van der Waals surface area contributed by atoms with Gasteiger partial charge in [-0.15, -0.1) is 0 Å². The Kier molecular flexibility index (Phi) is 9.54. The van der Waals surface area contributed by atoms with Gasteiger partial charge < -0.3 is 15.0 Å². The van der Waals surface area contributed by atoms with Gasteiger partial charge in [0.25, 0.3) is 10.0 Å². The van der Waals surface area contributed by atoms with Crippen molar-refractivity contribution in [1.82, 2.24) is 10.2 Å². The number of ether oxygens (including phenoxy) is 1. The van der Waals surface area contributed by atoms with Gasteiger partial charge in [0.15, 0.2) is 0 Å². The smallest absolute Gasteiger partial charge is 0.264 e. The molecule has 3 rings (SSSR count). The van der Waals surface area contributed by atoms with E-state index in [1.165, 1.54) is 29.2 Å². The van der Waals surface area contributed by atoms with Crippen molar-refractivity contribution in [3.8, 4) is 5.75 Å². The molecule has 0 saturated carbocycles. The molecular formula is C27H30ClN3O5S. The molecule has 0 heterocycles. The van der Waals surface area contributed by atoms with Crippen molar-refractivity contribution in [3.63, 3.8) is 0 Å². The zero-order chi connectivity index (χ0) is 27.0. The predicted molar refractivity (Wildman–Crippen MR) is 144 cm³/mol. The maximum atomic E-state index is 13.7. The number of hydrogen-bond donors (Lipinski definition) is 1. The first-order chi connectivity index (χ1) is 17.7. The number of nitrogens with one attached hydrogen (secondary N) is 1. The molecule has 8 nitrogen and oxygen atoms in total. The largest absolute Gasteiger partial charge is 0.497 e.